The van der Waals surface area contributed by atoms with Gasteiger partial charge >= 0.3 is 6.03 Å². The number of halogens is 2. The van der Waals surface area contributed by atoms with Crippen molar-refractivity contribution in [3.8, 4) is 16.9 Å². The van der Waals surface area contributed by atoms with Crippen molar-refractivity contribution in [3.05, 3.63) is 83.7 Å². The van der Waals surface area contributed by atoms with Gasteiger partial charge in [0.1, 0.15) is 11.5 Å². The summed E-state index contributed by atoms with van der Waals surface area (Å²) in [6.07, 6.45) is 6.17. The predicted octanol–water partition coefficient (Wildman–Crippen LogP) is 4.63. The van der Waals surface area contributed by atoms with E-state index in [1.807, 2.05) is 50.5 Å². The highest BCUT2D eigenvalue weighted by Crippen LogP contribution is 2.32. The fourth-order valence-electron chi connectivity index (χ4n) is 5.41. The van der Waals surface area contributed by atoms with Crippen LogP contribution in [0.2, 0.25) is 0 Å². The van der Waals surface area contributed by atoms with Gasteiger partial charge in [-0.2, -0.15) is 10.2 Å². The van der Waals surface area contributed by atoms with Crippen LogP contribution in [-0.2, 0) is 11.8 Å². The predicted molar refractivity (Wildman–Crippen MR) is 151 cm³/mol. The average molecular weight is 562 g/mol. The van der Waals surface area contributed by atoms with Gasteiger partial charge in [0.15, 0.2) is 11.6 Å². The van der Waals surface area contributed by atoms with Crippen LogP contribution in [-0.4, -0.2) is 68.9 Å². The summed E-state index contributed by atoms with van der Waals surface area (Å²) < 4.78 is 37.1. The lowest BCUT2D eigenvalue weighted by Gasteiger charge is -2.21. The van der Waals surface area contributed by atoms with Crippen LogP contribution < -0.4 is 10.6 Å². The Morgan fingerprint density at radius 2 is 1.90 bits per heavy atom. The molecule has 2 aliphatic rings. The first-order chi connectivity index (χ1) is 19.9. The highest BCUT2D eigenvalue weighted by atomic mass is 19.2. The van der Waals surface area contributed by atoms with E-state index >= 15 is 0 Å². The summed E-state index contributed by atoms with van der Waals surface area (Å²) in [5.74, 6) is -1.48. The molecule has 1 saturated heterocycles. The number of anilines is 1. The van der Waals surface area contributed by atoms with Crippen LogP contribution in [0, 0.1) is 18.6 Å². The molecule has 1 saturated carbocycles. The van der Waals surface area contributed by atoms with Crippen molar-refractivity contribution in [2.24, 2.45) is 7.05 Å². The zero-order chi connectivity index (χ0) is 28.5. The summed E-state index contributed by atoms with van der Waals surface area (Å²) >= 11 is 0. The molecule has 11 heteroatoms. The van der Waals surface area contributed by atoms with Gasteiger partial charge in [-0.25, -0.2) is 18.3 Å². The number of aromatic nitrogens is 4. The van der Waals surface area contributed by atoms with E-state index in [9.17, 15) is 13.6 Å². The van der Waals surface area contributed by atoms with Crippen molar-refractivity contribution < 1.29 is 18.3 Å². The molecule has 1 aliphatic carbocycles. The van der Waals surface area contributed by atoms with Crippen LogP contribution in [0.3, 0.4) is 0 Å². The third-order valence-electron chi connectivity index (χ3n) is 7.70. The number of carbonyl (C=O) groups is 1. The van der Waals surface area contributed by atoms with Crippen LogP contribution in [0.4, 0.5) is 19.4 Å². The number of likely N-dealkylation sites (tertiary alicyclic amines) is 1. The Kier molecular flexibility index (Phi) is 7.55. The third-order valence-corrected chi connectivity index (χ3v) is 7.70. The molecule has 0 unspecified atom stereocenters. The van der Waals surface area contributed by atoms with E-state index in [4.69, 9.17) is 9.84 Å². The highest BCUT2D eigenvalue weighted by Gasteiger charge is 2.36. The number of carbonyl (C=O) groups excluding carboxylic acids is 1. The second-order valence-electron chi connectivity index (χ2n) is 10.8. The smallest absolute Gasteiger partial charge is 0.320 e. The maximum atomic E-state index is 14.2. The second kappa shape index (κ2) is 11.4. The van der Waals surface area contributed by atoms with Gasteiger partial charge in [-0.3, -0.25) is 14.9 Å². The molecule has 0 spiro atoms. The Labute approximate surface area is 237 Å². The molecule has 3 heterocycles. The van der Waals surface area contributed by atoms with E-state index in [1.54, 1.807) is 21.6 Å². The van der Waals surface area contributed by atoms with Gasteiger partial charge in [-0.15, -0.1) is 0 Å². The van der Waals surface area contributed by atoms with Gasteiger partial charge in [-0.05, 0) is 49.6 Å². The molecule has 41 heavy (non-hydrogen) atoms. The zero-order valence-electron chi connectivity index (χ0n) is 23.1. The summed E-state index contributed by atoms with van der Waals surface area (Å²) in [5, 5.41) is 15.2. The molecule has 4 aromatic rings. The largest absolute Gasteiger partial charge is 0.377 e. The summed E-state index contributed by atoms with van der Waals surface area (Å²) in [6.45, 7) is 4.36. The number of nitrogens with zero attached hydrogens (tertiary/aromatic N) is 5. The average Bonchev–Trinajstić information content (AvgIpc) is 3.41. The topological polar surface area (TPSA) is 89.2 Å². The number of hydrogen-bond donors (Lipinski definition) is 2. The van der Waals surface area contributed by atoms with Crippen molar-refractivity contribution in [1.29, 1.82) is 0 Å². The minimum Gasteiger partial charge on any atom is -0.377 e. The molecule has 2 atom stereocenters. The van der Waals surface area contributed by atoms with Gasteiger partial charge in [0.25, 0.3) is 0 Å². The van der Waals surface area contributed by atoms with Crippen molar-refractivity contribution >= 4 is 11.8 Å². The van der Waals surface area contributed by atoms with Crippen LogP contribution in [0.15, 0.2) is 60.9 Å². The number of rotatable bonds is 9. The SMILES string of the molecule is Cc1c(-c2cnn(C)c2)nn(-c2ccccc2)c1NC(=O)N[C@@H]1CN(CCOC2CC2)C[C@H]1c1ccc(F)c(F)c1. The molecule has 6 rings (SSSR count). The molecule has 2 aromatic heterocycles. The van der Waals surface area contributed by atoms with Gasteiger partial charge < -0.3 is 10.1 Å². The van der Waals surface area contributed by atoms with E-state index in [-0.39, 0.29) is 12.0 Å². The number of para-hydroxylation sites is 1. The number of ether oxygens (including phenoxy) is 1. The molecule has 2 fully saturated rings. The first kappa shape index (κ1) is 27.1. The van der Waals surface area contributed by atoms with Crippen LogP contribution >= 0.6 is 0 Å². The van der Waals surface area contributed by atoms with Crippen molar-refractivity contribution in [2.45, 2.75) is 37.8 Å². The summed E-state index contributed by atoms with van der Waals surface area (Å²) in [5.41, 5.74) is 3.77. The Hall–Kier alpha value is -4.09. The first-order valence-corrected chi connectivity index (χ1v) is 13.9. The van der Waals surface area contributed by atoms with Gasteiger partial charge in [-0.1, -0.05) is 24.3 Å². The normalized spacial score (nSPS) is 19.0. The highest BCUT2D eigenvalue weighted by molar-refractivity contribution is 5.91. The van der Waals surface area contributed by atoms with Crippen LogP contribution in [0.1, 0.15) is 29.9 Å². The third kappa shape index (κ3) is 6.01. The first-order valence-electron chi connectivity index (χ1n) is 13.9. The van der Waals surface area contributed by atoms with E-state index in [1.165, 1.54) is 6.07 Å². The lowest BCUT2D eigenvalue weighted by Crippen LogP contribution is -2.42. The Morgan fingerprint density at radius 1 is 1.10 bits per heavy atom. The fraction of sp³-hybridized carbons (Fsp3) is 0.367. The summed E-state index contributed by atoms with van der Waals surface area (Å²) in [7, 11) is 1.84. The van der Waals surface area contributed by atoms with Crippen molar-refractivity contribution in [1.82, 2.24) is 29.8 Å². The standard InChI is InChI=1S/C30H33F2N7O2/c1-19-28(21-15-33-37(2)16-21)36-39(22-6-4-3-5-7-22)29(19)35-30(40)34-27-18-38(12-13-41-23-9-10-23)17-24(27)20-8-11-25(31)26(32)14-20/h3-8,11,14-16,23-24,27H,9-10,12-13,17-18H2,1-2H3,(H2,34,35,40)/t24-,27+/m0/s1. The van der Waals surface area contributed by atoms with Crippen LogP contribution in [0.5, 0.6) is 0 Å². The monoisotopic (exact) mass is 561 g/mol. The molecule has 214 valence electrons. The minimum atomic E-state index is -0.897. The Bertz CT molecular complexity index is 1530. The van der Waals surface area contributed by atoms with Gasteiger partial charge in [0.05, 0.1) is 30.6 Å². The minimum absolute atomic E-state index is 0.220. The number of hydrogen-bond acceptors (Lipinski definition) is 5. The van der Waals surface area contributed by atoms with E-state index in [0.717, 1.165) is 35.7 Å². The molecule has 0 radical (unpaired) electrons. The molecule has 0 bridgehead atoms. The quantitative estimate of drug-likeness (QED) is 0.311. The molecule has 2 aromatic carbocycles. The number of aryl methyl sites for hydroxylation is 1. The van der Waals surface area contributed by atoms with Crippen molar-refractivity contribution in [2.75, 3.05) is 31.6 Å². The Balaban J connectivity index is 1.24. The molecule has 9 nitrogen and oxygen atoms in total. The molecular weight excluding hydrogens is 528 g/mol. The van der Waals surface area contributed by atoms with Crippen LogP contribution in [0.25, 0.3) is 16.9 Å². The second-order valence-corrected chi connectivity index (χ2v) is 10.8. The molecular formula is C30H33F2N7O2. The fourth-order valence-corrected chi connectivity index (χ4v) is 5.41. The summed E-state index contributed by atoms with van der Waals surface area (Å²) in [6, 6.07) is 12.8. The maximum Gasteiger partial charge on any atom is 0.320 e. The lowest BCUT2D eigenvalue weighted by molar-refractivity contribution is 0.0976. The molecule has 2 amide bonds. The van der Waals surface area contributed by atoms with Gasteiger partial charge in [0, 0.05) is 49.9 Å². The maximum absolute atomic E-state index is 14.2. The number of urea groups is 1. The number of nitrogens with one attached hydrogen (secondary N) is 2. The summed E-state index contributed by atoms with van der Waals surface area (Å²) in [4.78, 5) is 15.7. The Morgan fingerprint density at radius 3 is 2.61 bits per heavy atom. The van der Waals surface area contributed by atoms with E-state index in [0.29, 0.717) is 49.4 Å². The molecule has 1 aliphatic heterocycles. The van der Waals surface area contributed by atoms with Gasteiger partial charge in [0.2, 0.25) is 0 Å². The number of benzene rings is 2. The number of amides is 2. The zero-order valence-corrected chi connectivity index (χ0v) is 23.1. The van der Waals surface area contributed by atoms with E-state index < -0.39 is 17.7 Å². The van der Waals surface area contributed by atoms with E-state index in [2.05, 4.69) is 20.6 Å². The lowest BCUT2D eigenvalue weighted by atomic mass is 9.94. The van der Waals surface area contributed by atoms with Crippen molar-refractivity contribution in [3.63, 3.8) is 0 Å². The molecule has 2 N–H and O–H groups in total.